The molecule has 0 spiro atoms. The second kappa shape index (κ2) is 26.4. The fourth-order valence-electron chi connectivity index (χ4n) is 3.30. The Morgan fingerprint density at radius 3 is 1.50 bits per heavy atom. The summed E-state index contributed by atoms with van der Waals surface area (Å²) in [7, 11) is 1.63. The molecule has 0 radical (unpaired) electrons. The maximum Gasteiger partial charge on any atom is 0.251 e. The Balaban J connectivity index is 2.48. The van der Waals surface area contributed by atoms with E-state index in [0.29, 0.717) is 84.1 Å². The van der Waals surface area contributed by atoms with Crippen molar-refractivity contribution in [2.75, 3.05) is 113 Å². The van der Waals surface area contributed by atoms with E-state index in [1.54, 1.807) is 7.11 Å². The fraction of sp³-hybridized carbons (Fsp3) is 0.767. The molecule has 0 aliphatic carbocycles. The van der Waals surface area contributed by atoms with Crippen LogP contribution in [0.1, 0.15) is 44.0 Å². The van der Waals surface area contributed by atoms with Crippen LogP contribution in [-0.4, -0.2) is 124 Å². The molecule has 42 heavy (non-hydrogen) atoms. The summed E-state index contributed by atoms with van der Waals surface area (Å²) in [5.74, 6) is 0.259. The van der Waals surface area contributed by atoms with E-state index >= 15 is 0 Å². The standard InChI is InChI=1S/C30H53NO11/c1-5-8-35-11-12-37-15-17-39-19-21-41-27-23-26(30(33)31-7-6-25(2)3)24-28(29(27)32)42-22-20-40-18-16-38-14-13-36-10-9-34-4/h23-25,32H,5-22H2,1-4H3,(H,31,33). The van der Waals surface area contributed by atoms with Crippen molar-refractivity contribution >= 4 is 5.91 Å². The minimum Gasteiger partial charge on any atom is -0.502 e. The van der Waals surface area contributed by atoms with Gasteiger partial charge in [-0.3, -0.25) is 4.79 Å². The number of methoxy groups -OCH3 is 1. The average molecular weight is 604 g/mol. The molecule has 0 unspecified atom stereocenters. The van der Waals surface area contributed by atoms with E-state index < -0.39 is 0 Å². The van der Waals surface area contributed by atoms with E-state index in [1.807, 2.05) is 0 Å². The largest absolute Gasteiger partial charge is 0.502 e. The monoisotopic (exact) mass is 603 g/mol. The van der Waals surface area contributed by atoms with Crippen LogP contribution in [0.5, 0.6) is 17.2 Å². The first-order chi connectivity index (χ1) is 20.5. The third kappa shape index (κ3) is 19.8. The number of carbonyl (C=O) groups excluding carboxylic acids is 1. The van der Waals surface area contributed by atoms with Crippen LogP contribution in [0, 0.1) is 5.92 Å². The van der Waals surface area contributed by atoms with Crippen molar-refractivity contribution in [3.05, 3.63) is 17.7 Å². The van der Waals surface area contributed by atoms with Crippen LogP contribution in [0.2, 0.25) is 0 Å². The molecule has 0 aliphatic rings. The van der Waals surface area contributed by atoms with E-state index in [4.69, 9.17) is 42.6 Å². The predicted molar refractivity (Wildman–Crippen MR) is 158 cm³/mol. The van der Waals surface area contributed by atoms with Gasteiger partial charge in [-0.1, -0.05) is 20.8 Å². The summed E-state index contributed by atoms with van der Waals surface area (Å²) in [6.45, 7) is 13.2. The highest BCUT2D eigenvalue weighted by molar-refractivity contribution is 5.95. The predicted octanol–water partition coefficient (Wildman–Crippen LogP) is 3.08. The minimum atomic E-state index is -0.277. The number of nitrogens with one attached hydrogen (secondary N) is 1. The van der Waals surface area contributed by atoms with E-state index in [2.05, 4.69) is 26.1 Å². The third-order valence-electron chi connectivity index (χ3n) is 5.55. The lowest BCUT2D eigenvalue weighted by Crippen LogP contribution is -2.25. The van der Waals surface area contributed by atoms with Gasteiger partial charge in [0.25, 0.3) is 5.91 Å². The second-order valence-corrected chi connectivity index (χ2v) is 9.62. The summed E-state index contributed by atoms with van der Waals surface area (Å²) >= 11 is 0. The van der Waals surface area contributed by atoms with Crippen LogP contribution < -0.4 is 14.8 Å². The number of rotatable bonds is 29. The van der Waals surface area contributed by atoms with Crippen molar-refractivity contribution in [3.63, 3.8) is 0 Å². The molecule has 1 aromatic rings. The van der Waals surface area contributed by atoms with Crippen LogP contribution in [0.25, 0.3) is 0 Å². The van der Waals surface area contributed by atoms with Crippen molar-refractivity contribution in [3.8, 4) is 17.2 Å². The number of hydrogen-bond donors (Lipinski definition) is 2. The van der Waals surface area contributed by atoms with Gasteiger partial charge in [-0.2, -0.15) is 0 Å². The minimum absolute atomic E-state index is 0.133. The van der Waals surface area contributed by atoms with Crippen LogP contribution in [0.4, 0.5) is 0 Å². The van der Waals surface area contributed by atoms with Crippen molar-refractivity contribution in [1.29, 1.82) is 0 Å². The van der Waals surface area contributed by atoms with Crippen molar-refractivity contribution in [1.82, 2.24) is 5.32 Å². The first-order valence-corrected chi connectivity index (χ1v) is 14.9. The average Bonchev–Trinajstić information content (AvgIpc) is 2.97. The summed E-state index contributed by atoms with van der Waals surface area (Å²) in [6.07, 6.45) is 1.83. The molecule has 0 fully saturated rings. The first kappa shape index (κ1) is 37.8. The summed E-state index contributed by atoms with van der Waals surface area (Å²) in [6, 6.07) is 3.00. The SMILES string of the molecule is CCCOCCOCCOCCOc1cc(C(=O)NCCC(C)C)cc(OCCOCCOCCOCCOC)c1O. The van der Waals surface area contributed by atoms with Gasteiger partial charge in [-0.25, -0.2) is 0 Å². The Hall–Kier alpha value is -2.19. The van der Waals surface area contributed by atoms with Gasteiger partial charge in [-0.15, -0.1) is 0 Å². The maximum absolute atomic E-state index is 12.8. The van der Waals surface area contributed by atoms with E-state index in [1.165, 1.54) is 12.1 Å². The number of carbonyl (C=O) groups is 1. The fourth-order valence-corrected chi connectivity index (χ4v) is 3.30. The smallest absolute Gasteiger partial charge is 0.251 e. The molecule has 0 atom stereocenters. The molecule has 0 aromatic heterocycles. The highest BCUT2D eigenvalue weighted by Gasteiger charge is 2.17. The third-order valence-corrected chi connectivity index (χ3v) is 5.55. The molecule has 1 aromatic carbocycles. The topological polar surface area (TPSA) is 132 Å². The number of amides is 1. The summed E-state index contributed by atoms with van der Waals surface area (Å²) in [5, 5.41) is 13.6. The molecule has 244 valence electrons. The highest BCUT2D eigenvalue weighted by atomic mass is 16.6. The quantitative estimate of drug-likeness (QED) is 0.131. The highest BCUT2D eigenvalue weighted by Crippen LogP contribution is 2.37. The van der Waals surface area contributed by atoms with Gasteiger partial charge in [0.1, 0.15) is 13.2 Å². The Morgan fingerprint density at radius 2 is 1.10 bits per heavy atom. The zero-order valence-electron chi connectivity index (χ0n) is 26.0. The second-order valence-electron chi connectivity index (χ2n) is 9.62. The normalized spacial score (nSPS) is 11.3. The van der Waals surface area contributed by atoms with Crippen LogP contribution in [-0.2, 0) is 33.2 Å². The maximum atomic E-state index is 12.8. The van der Waals surface area contributed by atoms with Gasteiger partial charge >= 0.3 is 0 Å². The molecule has 12 nitrogen and oxygen atoms in total. The molecule has 1 amide bonds. The Kier molecular flexibility index (Phi) is 23.8. The van der Waals surface area contributed by atoms with Gasteiger partial charge in [-0.05, 0) is 30.9 Å². The number of ether oxygens (including phenoxy) is 9. The molecule has 2 N–H and O–H groups in total. The van der Waals surface area contributed by atoms with Gasteiger partial charge in [0.2, 0.25) is 5.75 Å². The Labute approximate surface area is 251 Å². The lowest BCUT2D eigenvalue weighted by atomic mass is 10.1. The Bertz CT molecular complexity index is 795. The van der Waals surface area contributed by atoms with E-state index in [9.17, 15) is 9.90 Å². The van der Waals surface area contributed by atoms with Crippen molar-refractivity contribution in [2.45, 2.75) is 33.6 Å². The van der Waals surface area contributed by atoms with Crippen LogP contribution in [0.15, 0.2) is 12.1 Å². The molecule has 0 saturated heterocycles. The number of aromatic hydroxyl groups is 1. The summed E-state index contributed by atoms with van der Waals surface area (Å²) < 4.78 is 49.0. The molecular weight excluding hydrogens is 550 g/mol. The first-order valence-electron chi connectivity index (χ1n) is 14.9. The van der Waals surface area contributed by atoms with Gasteiger partial charge in [0.15, 0.2) is 11.5 Å². The zero-order valence-corrected chi connectivity index (χ0v) is 26.0. The molecule has 0 aliphatic heterocycles. The Morgan fingerprint density at radius 1 is 0.690 bits per heavy atom. The number of benzene rings is 1. The molecule has 12 heteroatoms. The van der Waals surface area contributed by atoms with E-state index in [-0.39, 0.29) is 49.6 Å². The molecular formula is C30H53NO11. The number of phenols is 1. The van der Waals surface area contributed by atoms with Crippen molar-refractivity contribution < 1.29 is 52.5 Å². The summed E-state index contributed by atoms with van der Waals surface area (Å²) in [4.78, 5) is 12.8. The number of phenolic OH excluding ortho intramolecular Hbond substituents is 1. The van der Waals surface area contributed by atoms with Crippen molar-refractivity contribution in [2.24, 2.45) is 5.92 Å². The zero-order chi connectivity index (χ0) is 30.7. The van der Waals surface area contributed by atoms with Gasteiger partial charge in [0.05, 0.1) is 79.3 Å². The summed E-state index contributed by atoms with van der Waals surface area (Å²) in [5.41, 5.74) is 0.322. The number of hydrogen-bond acceptors (Lipinski definition) is 11. The molecule has 0 heterocycles. The molecule has 0 saturated carbocycles. The molecule has 1 rings (SSSR count). The lowest BCUT2D eigenvalue weighted by molar-refractivity contribution is 0.0000515. The lowest BCUT2D eigenvalue weighted by Gasteiger charge is -2.15. The van der Waals surface area contributed by atoms with E-state index in [0.717, 1.165) is 19.4 Å². The molecule has 0 bridgehead atoms. The van der Waals surface area contributed by atoms with Crippen LogP contribution >= 0.6 is 0 Å². The van der Waals surface area contributed by atoms with Gasteiger partial charge in [0, 0.05) is 25.8 Å². The van der Waals surface area contributed by atoms with Crippen LogP contribution in [0.3, 0.4) is 0 Å². The van der Waals surface area contributed by atoms with Gasteiger partial charge < -0.3 is 53.1 Å².